The second-order valence-corrected chi connectivity index (χ2v) is 10.6. The van der Waals surface area contributed by atoms with Crippen molar-refractivity contribution in [2.75, 3.05) is 6.54 Å². The third-order valence-electron chi connectivity index (χ3n) is 6.12. The first-order valence-electron chi connectivity index (χ1n) is 11.7. The van der Waals surface area contributed by atoms with Crippen molar-refractivity contribution >= 4 is 57.7 Å². The van der Waals surface area contributed by atoms with Gasteiger partial charge in [-0.3, -0.25) is 23.9 Å². The number of carbonyl (C=O) groups excluding carboxylic acids is 2. The topological polar surface area (TPSA) is 103 Å². The van der Waals surface area contributed by atoms with E-state index in [-0.39, 0.29) is 48.5 Å². The van der Waals surface area contributed by atoms with Crippen LogP contribution in [0, 0.1) is 18.3 Å². The molecule has 2 aromatic carbocycles. The predicted molar refractivity (Wildman–Crippen MR) is 152 cm³/mol. The molecule has 7 nitrogen and oxygen atoms in total. The lowest BCUT2D eigenvalue weighted by atomic mass is 9.99. The summed E-state index contributed by atoms with van der Waals surface area (Å²) in [7, 11) is 0. The molecule has 10 heteroatoms. The number of nitriles is 1. The van der Waals surface area contributed by atoms with Crippen LogP contribution in [-0.2, 0) is 11.3 Å². The summed E-state index contributed by atoms with van der Waals surface area (Å²) in [5, 5.41) is 20.9. The fraction of sp³-hybridized carbons (Fsp3) is 0.179. The number of nitrogens with zero attached hydrogens (tertiary/aromatic N) is 3. The van der Waals surface area contributed by atoms with Gasteiger partial charge < -0.3 is 5.11 Å². The first-order chi connectivity index (χ1) is 18.2. The zero-order valence-corrected chi connectivity index (χ0v) is 22.7. The summed E-state index contributed by atoms with van der Waals surface area (Å²) in [5.74, 6) is -1.20. The smallest absolute Gasteiger partial charge is 0.271 e. The normalized spacial score (nSPS) is 14.2. The molecule has 0 aliphatic carbocycles. The molecule has 4 rings (SSSR count). The number of amides is 1. The lowest BCUT2D eigenvalue weighted by Gasteiger charge is -2.17. The van der Waals surface area contributed by atoms with E-state index >= 15 is 0 Å². The van der Waals surface area contributed by atoms with E-state index in [0.717, 1.165) is 10.1 Å². The third-order valence-corrected chi connectivity index (χ3v) is 7.87. The average molecular weight is 564 g/mol. The van der Waals surface area contributed by atoms with Crippen molar-refractivity contribution in [3.05, 3.63) is 103 Å². The molecule has 0 bridgehead atoms. The molecule has 2 heterocycles. The molecule has 3 aromatic rings. The van der Waals surface area contributed by atoms with Crippen LogP contribution in [0.15, 0.2) is 64.3 Å². The molecule has 1 aromatic heterocycles. The lowest BCUT2D eigenvalue weighted by Crippen LogP contribution is -2.30. The second-order valence-electron chi connectivity index (χ2n) is 8.56. The van der Waals surface area contributed by atoms with Crippen LogP contribution in [0.3, 0.4) is 0 Å². The molecule has 0 saturated carbocycles. The number of thioether (sulfide) groups is 1. The molecule has 0 unspecified atom stereocenters. The van der Waals surface area contributed by atoms with Crippen molar-refractivity contribution in [2.45, 2.75) is 26.3 Å². The number of ketones is 1. The number of hydrogen-bond acceptors (Lipinski definition) is 7. The van der Waals surface area contributed by atoms with Crippen molar-refractivity contribution in [3.63, 3.8) is 0 Å². The van der Waals surface area contributed by atoms with E-state index in [1.54, 1.807) is 30.3 Å². The molecule has 1 aliphatic heterocycles. The van der Waals surface area contributed by atoms with Crippen LogP contribution in [0.2, 0.25) is 5.02 Å². The minimum atomic E-state index is -0.707. The Labute approximate surface area is 234 Å². The van der Waals surface area contributed by atoms with Gasteiger partial charge in [-0.05, 0) is 42.2 Å². The maximum atomic E-state index is 13.2. The van der Waals surface area contributed by atoms with Gasteiger partial charge in [-0.15, -0.1) is 0 Å². The van der Waals surface area contributed by atoms with Crippen LogP contribution in [0.1, 0.15) is 45.5 Å². The number of carbonyl (C=O) groups is 2. The number of halogens is 1. The van der Waals surface area contributed by atoms with E-state index < -0.39 is 17.2 Å². The van der Waals surface area contributed by atoms with E-state index in [0.29, 0.717) is 19.8 Å². The van der Waals surface area contributed by atoms with E-state index in [2.05, 4.69) is 0 Å². The molecule has 0 radical (unpaired) electrons. The Kier molecular flexibility index (Phi) is 8.47. The monoisotopic (exact) mass is 563 g/mol. The SMILES string of the molecule is Cc1c(C(=O)CCCN2C(=O)/C(=C/c3ccccc3)SC2=S)c(O)n(Cc2ccccc2Cl)c(=O)c1C#N. The number of hydrogen-bond donors (Lipinski definition) is 1. The molecular weight excluding hydrogens is 542 g/mol. The fourth-order valence-corrected chi connectivity index (χ4v) is 5.65. The van der Waals surface area contributed by atoms with Gasteiger partial charge in [0.1, 0.15) is 16.0 Å². The minimum absolute atomic E-state index is 0.0294. The average Bonchev–Trinajstić information content (AvgIpc) is 3.15. The standard InChI is InChI=1S/C28H22ClN3O4S2/c1-17-20(15-30)25(34)32(16-19-10-5-6-11-21(19)29)27(36)24(17)22(33)12-7-13-31-26(35)23(38-28(31)37)14-18-8-3-2-4-9-18/h2-6,8-11,14,36H,7,12-13,16H2,1H3/b23-14-. The molecule has 1 saturated heterocycles. The molecule has 1 aliphatic rings. The molecule has 192 valence electrons. The number of thiocarbonyl (C=S) groups is 1. The summed E-state index contributed by atoms with van der Waals surface area (Å²) >= 11 is 12.8. The molecule has 0 spiro atoms. The maximum absolute atomic E-state index is 13.2. The molecule has 1 fully saturated rings. The van der Waals surface area contributed by atoms with Crippen molar-refractivity contribution in [3.8, 4) is 11.9 Å². The van der Waals surface area contributed by atoms with Crippen LogP contribution in [-0.4, -0.2) is 37.1 Å². The van der Waals surface area contributed by atoms with Gasteiger partial charge in [0, 0.05) is 18.0 Å². The first kappa shape index (κ1) is 27.3. The highest BCUT2D eigenvalue weighted by molar-refractivity contribution is 8.26. The molecule has 38 heavy (non-hydrogen) atoms. The van der Waals surface area contributed by atoms with Crippen LogP contribution < -0.4 is 5.56 Å². The summed E-state index contributed by atoms with van der Waals surface area (Å²) < 4.78 is 1.39. The summed E-state index contributed by atoms with van der Waals surface area (Å²) in [6.07, 6.45) is 2.02. The van der Waals surface area contributed by atoms with E-state index in [1.165, 1.54) is 23.6 Å². The number of aromatic nitrogens is 1. The van der Waals surface area contributed by atoms with Crippen LogP contribution in [0.25, 0.3) is 6.08 Å². The van der Waals surface area contributed by atoms with Gasteiger partial charge >= 0.3 is 0 Å². The number of aromatic hydroxyl groups is 1. The first-order valence-corrected chi connectivity index (χ1v) is 13.3. The van der Waals surface area contributed by atoms with Gasteiger partial charge in [0.25, 0.3) is 11.5 Å². The zero-order valence-electron chi connectivity index (χ0n) is 20.3. The zero-order chi connectivity index (χ0) is 27.4. The van der Waals surface area contributed by atoms with E-state index in [9.17, 15) is 24.8 Å². The van der Waals surface area contributed by atoms with Crippen molar-refractivity contribution in [1.29, 1.82) is 5.26 Å². The van der Waals surface area contributed by atoms with Gasteiger partial charge in [-0.25, -0.2) is 0 Å². The maximum Gasteiger partial charge on any atom is 0.271 e. The highest BCUT2D eigenvalue weighted by Gasteiger charge is 2.32. The second kappa shape index (κ2) is 11.8. The van der Waals surface area contributed by atoms with Gasteiger partial charge in [-0.1, -0.05) is 84.1 Å². The fourth-order valence-electron chi connectivity index (χ4n) is 4.14. The van der Waals surface area contributed by atoms with Gasteiger partial charge in [-0.2, -0.15) is 5.26 Å². The molecule has 1 N–H and O–H groups in total. The molecular formula is C28H22ClN3O4S2. The van der Waals surface area contributed by atoms with Crippen LogP contribution in [0.5, 0.6) is 5.88 Å². The summed E-state index contributed by atoms with van der Waals surface area (Å²) in [6.45, 7) is 1.57. The number of benzene rings is 2. The van der Waals surface area contributed by atoms with Crippen LogP contribution in [0.4, 0.5) is 0 Å². The number of pyridine rings is 1. The Morgan fingerprint density at radius 1 is 1.16 bits per heavy atom. The van der Waals surface area contributed by atoms with Crippen molar-refractivity contribution < 1.29 is 14.7 Å². The Balaban J connectivity index is 1.52. The minimum Gasteiger partial charge on any atom is -0.494 e. The van der Waals surface area contributed by atoms with Gasteiger partial charge in [0.15, 0.2) is 5.78 Å². The Morgan fingerprint density at radius 3 is 2.53 bits per heavy atom. The van der Waals surface area contributed by atoms with Crippen molar-refractivity contribution in [1.82, 2.24) is 9.47 Å². The predicted octanol–water partition coefficient (Wildman–Crippen LogP) is 5.30. The van der Waals surface area contributed by atoms with E-state index in [4.69, 9.17) is 23.8 Å². The number of rotatable bonds is 8. The van der Waals surface area contributed by atoms with Crippen molar-refractivity contribution in [2.24, 2.45) is 0 Å². The highest BCUT2D eigenvalue weighted by atomic mass is 35.5. The highest BCUT2D eigenvalue weighted by Crippen LogP contribution is 2.33. The molecule has 0 atom stereocenters. The summed E-state index contributed by atoms with van der Waals surface area (Å²) in [5.41, 5.74) is 0.530. The van der Waals surface area contributed by atoms with Gasteiger partial charge in [0.05, 0.1) is 17.0 Å². The summed E-state index contributed by atoms with van der Waals surface area (Å²) in [6, 6.07) is 18.1. The quantitative estimate of drug-likeness (QED) is 0.225. The van der Waals surface area contributed by atoms with Gasteiger partial charge in [0.2, 0.25) is 5.88 Å². The van der Waals surface area contributed by atoms with Crippen LogP contribution >= 0.6 is 35.6 Å². The Bertz CT molecular complexity index is 1580. The lowest BCUT2D eigenvalue weighted by molar-refractivity contribution is -0.122. The van der Waals surface area contributed by atoms with E-state index in [1.807, 2.05) is 36.4 Å². The molecule has 1 amide bonds. The number of Topliss-reactive ketones (excluding diaryl/α,β-unsaturated/α-hetero) is 1. The largest absolute Gasteiger partial charge is 0.494 e. The Hall–Kier alpha value is -3.71. The Morgan fingerprint density at radius 2 is 1.84 bits per heavy atom. The third kappa shape index (κ3) is 5.58. The summed E-state index contributed by atoms with van der Waals surface area (Å²) in [4.78, 5) is 41.0.